The second kappa shape index (κ2) is 8.77. The molecule has 0 radical (unpaired) electrons. The van der Waals surface area contributed by atoms with Crippen LogP contribution in [0.2, 0.25) is 0 Å². The number of piperazine rings is 1. The molecule has 0 unspecified atom stereocenters. The third kappa shape index (κ3) is 4.44. The van der Waals surface area contributed by atoms with E-state index in [9.17, 15) is 4.79 Å². The predicted molar refractivity (Wildman–Crippen MR) is 108 cm³/mol. The zero-order valence-corrected chi connectivity index (χ0v) is 16.6. The summed E-state index contributed by atoms with van der Waals surface area (Å²) in [6.45, 7) is 8.79. The SMILES string of the molecule is CCOC(=O)N1CCN(c2ncnc(Oc3ccc(C(C)C)cc3)c2N)CC1. The first-order valence-electron chi connectivity index (χ1n) is 9.54. The topological polar surface area (TPSA) is 93.8 Å². The fourth-order valence-corrected chi connectivity index (χ4v) is 3.05. The molecule has 8 nitrogen and oxygen atoms in total. The van der Waals surface area contributed by atoms with Crippen molar-refractivity contribution in [1.82, 2.24) is 14.9 Å². The molecule has 1 aliphatic rings. The average Bonchev–Trinajstić information content (AvgIpc) is 2.70. The Morgan fingerprint density at radius 1 is 1.14 bits per heavy atom. The van der Waals surface area contributed by atoms with E-state index in [1.54, 1.807) is 11.8 Å². The molecule has 28 heavy (non-hydrogen) atoms. The van der Waals surface area contributed by atoms with Crippen molar-refractivity contribution in [3.63, 3.8) is 0 Å². The van der Waals surface area contributed by atoms with Gasteiger partial charge in [0.25, 0.3) is 0 Å². The van der Waals surface area contributed by atoms with Crippen molar-refractivity contribution in [3.05, 3.63) is 36.2 Å². The van der Waals surface area contributed by atoms with Gasteiger partial charge in [0.05, 0.1) is 6.61 Å². The normalized spacial score (nSPS) is 14.3. The maximum absolute atomic E-state index is 11.8. The summed E-state index contributed by atoms with van der Waals surface area (Å²) >= 11 is 0. The standard InChI is InChI=1S/C20H27N5O3/c1-4-27-20(26)25-11-9-24(10-12-25)18-17(21)19(23-13-22-18)28-16-7-5-15(6-8-16)14(2)3/h5-8,13-14H,4,9-12,21H2,1-3H3. The predicted octanol–water partition coefficient (Wildman–Crippen LogP) is 3.25. The van der Waals surface area contributed by atoms with E-state index >= 15 is 0 Å². The molecule has 2 N–H and O–H groups in total. The Bertz CT molecular complexity index is 802. The number of nitrogens with two attached hydrogens (primary N) is 1. The molecule has 0 spiro atoms. The van der Waals surface area contributed by atoms with Crippen LogP contribution in [0.25, 0.3) is 0 Å². The fraction of sp³-hybridized carbons (Fsp3) is 0.450. The number of ether oxygens (including phenoxy) is 2. The minimum atomic E-state index is -0.285. The highest BCUT2D eigenvalue weighted by atomic mass is 16.6. The summed E-state index contributed by atoms with van der Waals surface area (Å²) in [6.07, 6.45) is 1.16. The largest absolute Gasteiger partial charge is 0.450 e. The molecule has 0 aliphatic carbocycles. The number of hydrogen-bond donors (Lipinski definition) is 1. The van der Waals surface area contributed by atoms with E-state index in [1.807, 2.05) is 29.2 Å². The van der Waals surface area contributed by atoms with Crippen molar-refractivity contribution in [2.75, 3.05) is 43.4 Å². The minimum Gasteiger partial charge on any atom is -0.450 e. The minimum absolute atomic E-state index is 0.285. The van der Waals surface area contributed by atoms with Crippen LogP contribution >= 0.6 is 0 Å². The van der Waals surface area contributed by atoms with Crippen LogP contribution in [-0.4, -0.2) is 53.7 Å². The summed E-state index contributed by atoms with van der Waals surface area (Å²) in [7, 11) is 0. The summed E-state index contributed by atoms with van der Waals surface area (Å²) < 4.78 is 10.9. The van der Waals surface area contributed by atoms with Gasteiger partial charge in [-0.3, -0.25) is 0 Å². The molecule has 3 rings (SSSR count). The molecule has 2 heterocycles. The molecule has 2 aromatic rings. The second-order valence-corrected chi connectivity index (χ2v) is 6.91. The van der Waals surface area contributed by atoms with Gasteiger partial charge in [-0.2, -0.15) is 4.98 Å². The monoisotopic (exact) mass is 385 g/mol. The van der Waals surface area contributed by atoms with Gasteiger partial charge >= 0.3 is 6.09 Å². The third-order valence-electron chi connectivity index (χ3n) is 4.69. The van der Waals surface area contributed by atoms with Gasteiger partial charge in [0.15, 0.2) is 5.82 Å². The van der Waals surface area contributed by atoms with Crippen molar-refractivity contribution >= 4 is 17.6 Å². The summed E-state index contributed by atoms with van der Waals surface area (Å²) in [5.74, 6) is 2.08. The maximum atomic E-state index is 11.8. The number of carbonyl (C=O) groups excluding carboxylic acids is 1. The van der Waals surface area contributed by atoms with Gasteiger partial charge in [-0.1, -0.05) is 26.0 Å². The third-order valence-corrected chi connectivity index (χ3v) is 4.69. The summed E-state index contributed by atoms with van der Waals surface area (Å²) in [4.78, 5) is 24.1. The Morgan fingerprint density at radius 2 is 1.82 bits per heavy atom. The highest BCUT2D eigenvalue weighted by Crippen LogP contribution is 2.32. The quantitative estimate of drug-likeness (QED) is 0.844. The Morgan fingerprint density at radius 3 is 2.43 bits per heavy atom. The molecule has 0 atom stereocenters. The lowest BCUT2D eigenvalue weighted by Gasteiger charge is -2.35. The van der Waals surface area contributed by atoms with Gasteiger partial charge in [0.2, 0.25) is 5.88 Å². The number of benzene rings is 1. The first-order chi connectivity index (χ1) is 13.5. The van der Waals surface area contributed by atoms with Crippen LogP contribution in [0.5, 0.6) is 11.6 Å². The van der Waals surface area contributed by atoms with Crippen LogP contribution in [0.3, 0.4) is 0 Å². The number of aromatic nitrogens is 2. The lowest BCUT2D eigenvalue weighted by atomic mass is 10.0. The molecule has 1 aromatic carbocycles. The van der Waals surface area contributed by atoms with Crippen molar-refractivity contribution in [1.29, 1.82) is 0 Å². The molecule has 1 aromatic heterocycles. The van der Waals surface area contributed by atoms with E-state index in [2.05, 4.69) is 23.8 Å². The van der Waals surface area contributed by atoms with E-state index < -0.39 is 0 Å². The number of amides is 1. The van der Waals surface area contributed by atoms with Crippen LogP contribution in [0.4, 0.5) is 16.3 Å². The van der Waals surface area contributed by atoms with Crippen LogP contribution < -0.4 is 15.4 Å². The zero-order chi connectivity index (χ0) is 20.1. The highest BCUT2D eigenvalue weighted by molar-refractivity contribution is 5.70. The van der Waals surface area contributed by atoms with E-state index in [0.717, 1.165) is 0 Å². The molecule has 1 aliphatic heterocycles. The Balaban J connectivity index is 1.69. The highest BCUT2D eigenvalue weighted by Gasteiger charge is 2.25. The van der Waals surface area contributed by atoms with Gasteiger partial charge in [-0.25, -0.2) is 9.78 Å². The van der Waals surface area contributed by atoms with Gasteiger partial charge in [0, 0.05) is 26.2 Å². The van der Waals surface area contributed by atoms with Gasteiger partial charge in [-0.05, 0) is 30.5 Å². The fourth-order valence-electron chi connectivity index (χ4n) is 3.05. The first kappa shape index (κ1) is 19.7. The number of rotatable bonds is 5. The van der Waals surface area contributed by atoms with Gasteiger partial charge in [-0.15, -0.1) is 0 Å². The van der Waals surface area contributed by atoms with Crippen molar-refractivity contribution in [2.45, 2.75) is 26.7 Å². The molecule has 150 valence electrons. The maximum Gasteiger partial charge on any atom is 0.409 e. The Labute approximate surface area is 165 Å². The lowest BCUT2D eigenvalue weighted by Crippen LogP contribution is -2.49. The molecule has 0 bridgehead atoms. The first-order valence-corrected chi connectivity index (χ1v) is 9.54. The van der Waals surface area contributed by atoms with Crippen LogP contribution in [0.15, 0.2) is 30.6 Å². The molecular formula is C20H27N5O3. The number of nitrogen functional groups attached to an aromatic ring is 1. The summed E-state index contributed by atoms with van der Waals surface area (Å²) in [6, 6.07) is 7.89. The van der Waals surface area contributed by atoms with Crippen molar-refractivity contribution in [2.24, 2.45) is 0 Å². The van der Waals surface area contributed by atoms with Crippen LogP contribution in [-0.2, 0) is 4.74 Å². The second-order valence-electron chi connectivity index (χ2n) is 6.91. The molecular weight excluding hydrogens is 358 g/mol. The molecule has 1 saturated heterocycles. The van der Waals surface area contributed by atoms with Crippen LogP contribution in [0, 0.1) is 0 Å². The van der Waals surface area contributed by atoms with Crippen molar-refractivity contribution in [3.8, 4) is 11.6 Å². The number of carbonyl (C=O) groups is 1. The molecule has 0 saturated carbocycles. The van der Waals surface area contributed by atoms with E-state index in [0.29, 0.717) is 61.8 Å². The van der Waals surface area contributed by atoms with Crippen LogP contribution in [0.1, 0.15) is 32.3 Å². The smallest absolute Gasteiger partial charge is 0.409 e. The zero-order valence-electron chi connectivity index (χ0n) is 16.6. The molecule has 1 amide bonds. The molecule has 8 heteroatoms. The Hall–Kier alpha value is -3.03. The summed E-state index contributed by atoms with van der Waals surface area (Å²) in [5.41, 5.74) is 7.91. The Kier molecular flexibility index (Phi) is 6.18. The lowest BCUT2D eigenvalue weighted by molar-refractivity contribution is 0.105. The van der Waals surface area contributed by atoms with E-state index in [4.69, 9.17) is 15.2 Å². The van der Waals surface area contributed by atoms with Gasteiger partial charge < -0.3 is 25.0 Å². The van der Waals surface area contributed by atoms with E-state index in [1.165, 1.54) is 11.9 Å². The van der Waals surface area contributed by atoms with Crippen molar-refractivity contribution < 1.29 is 14.3 Å². The molecule has 1 fully saturated rings. The number of nitrogens with zero attached hydrogens (tertiary/aromatic N) is 4. The van der Waals surface area contributed by atoms with Gasteiger partial charge in [0.1, 0.15) is 17.8 Å². The summed E-state index contributed by atoms with van der Waals surface area (Å²) in [5, 5.41) is 0. The number of anilines is 2. The average molecular weight is 385 g/mol. The van der Waals surface area contributed by atoms with E-state index in [-0.39, 0.29) is 6.09 Å². The number of hydrogen-bond acceptors (Lipinski definition) is 7.